The molecule has 0 unspecified atom stereocenters. The van der Waals surface area contributed by atoms with Gasteiger partial charge in [0.15, 0.2) is 11.6 Å². The van der Waals surface area contributed by atoms with Crippen LogP contribution in [0.25, 0.3) is 20.7 Å². The first-order chi connectivity index (χ1) is 18.5. The Morgan fingerprint density at radius 1 is 1.00 bits per heavy atom. The summed E-state index contributed by atoms with van der Waals surface area (Å²) in [6, 6.07) is 14.5. The number of rotatable bonds is 12. The van der Waals surface area contributed by atoms with Gasteiger partial charge in [0, 0.05) is 36.4 Å². The van der Waals surface area contributed by atoms with Gasteiger partial charge in [-0.05, 0) is 48.4 Å². The topological polar surface area (TPSA) is 119 Å². The molecule has 0 fully saturated rings. The van der Waals surface area contributed by atoms with Crippen molar-refractivity contribution < 1.29 is 28.3 Å². The highest BCUT2D eigenvalue weighted by molar-refractivity contribution is 7.22. The van der Waals surface area contributed by atoms with E-state index in [-0.39, 0.29) is 11.4 Å². The van der Waals surface area contributed by atoms with E-state index in [4.69, 9.17) is 24.7 Å². The number of benzene rings is 2. The Balaban J connectivity index is 0.000000342. The Bertz CT molecular complexity index is 1310. The van der Waals surface area contributed by atoms with Gasteiger partial charge in [-0.3, -0.25) is 15.1 Å². The third-order valence-corrected chi connectivity index (χ3v) is 6.27. The van der Waals surface area contributed by atoms with Crippen LogP contribution in [0.1, 0.15) is 13.3 Å². The highest BCUT2D eigenvalue weighted by atomic mass is 32.1. The van der Waals surface area contributed by atoms with Crippen LogP contribution >= 0.6 is 11.3 Å². The van der Waals surface area contributed by atoms with Crippen molar-refractivity contribution in [2.75, 3.05) is 40.1 Å². The predicted molar refractivity (Wildman–Crippen MR) is 146 cm³/mol. The average Bonchev–Trinajstić information content (AvgIpc) is 3.37. The van der Waals surface area contributed by atoms with Crippen molar-refractivity contribution in [2.24, 2.45) is 5.73 Å². The van der Waals surface area contributed by atoms with Gasteiger partial charge < -0.3 is 24.7 Å². The maximum atomic E-state index is 14.2. The van der Waals surface area contributed by atoms with Crippen LogP contribution in [0.2, 0.25) is 0 Å². The highest BCUT2D eigenvalue weighted by Gasteiger charge is 2.15. The first-order valence-electron chi connectivity index (χ1n) is 12.0. The number of hydrogen-bond donors (Lipinski definition) is 1. The zero-order valence-electron chi connectivity index (χ0n) is 21.2. The molecule has 0 spiro atoms. The minimum absolute atomic E-state index is 0.0857. The molecule has 0 radical (unpaired) electrons. The number of methoxy groups -OCH3 is 1. The lowest BCUT2D eigenvalue weighted by atomic mass is 10.2. The fourth-order valence-electron chi connectivity index (χ4n) is 3.25. The molecule has 2 N–H and O–H groups in total. The summed E-state index contributed by atoms with van der Waals surface area (Å²) in [7, 11) is 1.61. The average molecular weight is 544 g/mol. The molecule has 11 heteroatoms. The van der Waals surface area contributed by atoms with E-state index >= 15 is 0 Å². The number of nitro benzene ring substituents is 1. The number of pyridine rings is 1. The fourth-order valence-corrected chi connectivity index (χ4v) is 4.32. The summed E-state index contributed by atoms with van der Waals surface area (Å²) in [6.45, 7) is 5.49. The summed E-state index contributed by atoms with van der Waals surface area (Å²) >= 11 is 1.46. The summed E-state index contributed by atoms with van der Waals surface area (Å²) < 4.78 is 36.1. The molecule has 0 saturated heterocycles. The third kappa shape index (κ3) is 8.18. The summed E-state index contributed by atoms with van der Waals surface area (Å²) in [5.41, 5.74) is 6.59. The maximum absolute atomic E-state index is 14.2. The van der Waals surface area contributed by atoms with Crippen molar-refractivity contribution in [1.29, 1.82) is 0 Å². The number of halogens is 1. The number of thiophene rings is 1. The number of hydrogen-bond acceptors (Lipinski definition) is 9. The molecular weight excluding hydrogens is 513 g/mol. The lowest BCUT2D eigenvalue weighted by Gasteiger charge is -2.07. The lowest BCUT2D eigenvalue weighted by molar-refractivity contribution is -0.385. The van der Waals surface area contributed by atoms with Gasteiger partial charge in [-0.2, -0.15) is 0 Å². The van der Waals surface area contributed by atoms with Crippen molar-refractivity contribution >= 4 is 27.2 Å². The molecule has 9 nitrogen and oxygen atoms in total. The van der Waals surface area contributed by atoms with Crippen LogP contribution in [0.4, 0.5) is 10.1 Å². The van der Waals surface area contributed by atoms with Gasteiger partial charge in [-0.15, -0.1) is 11.3 Å². The molecule has 0 saturated carbocycles. The molecule has 4 rings (SSSR count). The van der Waals surface area contributed by atoms with E-state index in [0.717, 1.165) is 45.5 Å². The van der Waals surface area contributed by atoms with E-state index in [1.165, 1.54) is 23.5 Å². The SMILES string of the molecule is CCCOCCOCCN.COc1ccc(-c2cc3nccc(Oc4ccc([N+](=O)[O-])cc4F)c3s2)cc1. The number of aromatic nitrogens is 1. The number of nitrogens with zero attached hydrogens (tertiary/aromatic N) is 2. The number of nitro groups is 1. The van der Waals surface area contributed by atoms with Gasteiger partial charge in [-0.1, -0.05) is 6.92 Å². The minimum Gasteiger partial charge on any atom is -0.497 e. The van der Waals surface area contributed by atoms with Gasteiger partial charge in [-0.25, -0.2) is 4.39 Å². The molecule has 4 aromatic rings. The Morgan fingerprint density at radius 3 is 2.37 bits per heavy atom. The standard InChI is InChI=1S/C20H13FN2O4S.C7H17NO2/c1-26-14-5-2-12(3-6-14)19-11-16-20(28-19)18(8-9-22-16)27-17-7-4-13(23(24)25)10-15(17)21;1-2-4-9-6-7-10-5-3-8/h2-11H,1H3;2-8H2,1H3. The largest absolute Gasteiger partial charge is 0.497 e. The van der Waals surface area contributed by atoms with Crippen molar-refractivity contribution in [2.45, 2.75) is 13.3 Å². The fraction of sp³-hybridized carbons (Fsp3) is 0.296. The third-order valence-electron chi connectivity index (χ3n) is 5.08. The van der Waals surface area contributed by atoms with E-state index in [1.54, 1.807) is 19.4 Å². The second-order valence-electron chi connectivity index (χ2n) is 7.85. The second-order valence-corrected chi connectivity index (χ2v) is 8.90. The quantitative estimate of drug-likeness (QED) is 0.127. The Morgan fingerprint density at radius 2 is 1.74 bits per heavy atom. The van der Waals surface area contributed by atoms with Gasteiger partial charge in [0.1, 0.15) is 11.5 Å². The molecule has 0 amide bonds. The normalized spacial score (nSPS) is 10.6. The molecule has 2 aromatic carbocycles. The number of nitrogens with two attached hydrogens (primary N) is 1. The summed E-state index contributed by atoms with van der Waals surface area (Å²) in [6.07, 6.45) is 2.64. The highest BCUT2D eigenvalue weighted by Crippen LogP contribution is 2.40. The van der Waals surface area contributed by atoms with Crippen LogP contribution < -0.4 is 15.2 Å². The van der Waals surface area contributed by atoms with Crippen LogP contribution in [0.15, 0.2) is 60.8 Å². The van der Waals surface area contributed by atoms with Crippen molar-refractivity contribution in [1.82, 2.24) is 4.98 Å². The molecule has 2 heterocycles. The predicted octanol–water partition coefficient (Wildman–Crippen LogP) is 6.20. The van der Waals surface area contributed by atoms with E-state index in [0.29, 0.717) is 32.1 Å². The molecule has 0 bridgehead atoms. The van der Waals surface area contributed by atoms with Gasteiger partial charge >= 0.3 is 0 Å². The molecule has 38 heavy (non-hydrogen) atoms. The molecule has 0 aliphatic rings. The second kappa shape index (κ2) is 14.9. The zero-order chi connectivity index (χ0) is 27.3. The van der Waals surface area contributed by atoms with E-state index in [9.17, 15) is 14.5 Å². The van der Waals surface area contributed by atoms with Gasteiger partial charge in [0.2, 0.25) is 0 Å². The summed E-state index contributed by atoms with van der Waals surface area (Å²) in [5.74, 6) is 0.312. The summed E-state index contributed by atoms with van der Waals surface area (Å²) in [4.78, 5) is 15.4. The van der Waals surface area contributed by atoms with Crippen LogP contribution in [-0.4, -0.2) is 50.0 Å². The number of fused-ring (bicyclic) bond motifs is 1. The lowest BCUT2D eigenvalue weighted by Crippen LogP contribution is -2.12. The molecule has 2 aromatic heterocycles. The van der Waals surface area contributed by atoms with E-state index < -0.39 is 10.7 Å². The zero-order valence-corrected chi connectivity index (χ0v) is 22.0. The maximum Gasteiger partial charge on any atom is 0.272 e. The van der Waals surface area contributed by atoms with Crippen molar-refractivity contribution in [3.63, 3.8) is 0 Å². The number of non-ortho nitro benzene ring substituents is 1. The van der Waals surface area contributed by atoms with Crippen LogP contribution in [0, 0.1) is 15.9 Å². The molecule has 202 valence electrons. The van der Waals surface area contributed by atoms with E-state index in [1.807, 2.05) is 30.3 Å². The first-order valence-corrected chi connectivity index (χ1v) is 12.8. The Kier molecular flexibility index (Phi) is 11.4. The monoisotopic (exact) mass is 543 g/mol. The minimum atomic E-state index is -0.800. The Labute approximate surface area is 224 Å². The number of ether oxygens (including phenoxy) is 4. The first kappa shape index (κ1) is 28.9. The van der Waals surface area contributed by atoms with Crippen molar-refractivity contribution in [3.05, 3.63) is 76.7 Å². The van der Waals surface area contributed by atoms with Crippen LogP contribution in [0.5, 0.6) is 17.2 Å². The molecule has 0 aliphatic heterocycles. The molecular formula is C27H30FN3O6S. The van der Waals surface area contributed by atoms with Gasteiger partial charge in [0.25, 0.3) is 5.69 Å². The van der Waals surface area contributed by atoms with Crippen molar-refractivity contribution in [3.8, 4) is 27.7 Å². The van der Waals surface area contributed by atoms with Crippen LogP contribution in [-0.2, 0) is 9.47 Å². The molecule has 0 atom stereocenters. The van der Waals surface area contributed by atoms with Gasteiger partial charge in [0.05, 0.1) is 48.1 Å². The molecule has 0 aliphatic carbocycles. The Hall–Kier alpha value is -3.64. The summed E-state index contributed by atoms with van der Waals surface area (Å²) in [5, 5.41) is 10.8. The smallest absolute Gasteiger partial charge is 0.272 e. The van der Waals surface area contributed by atoms with E-state index in [2.05, 4.69) is 11.9 Å². The van der Waals surface area contributed by atoms with Crippen LogP contribution in [0.3, 0.4) is 0 Å².